The van der Waals surface area contributed by atoms with Crippen molar-refractivity contribution in [2.75, 3.05) is 31.9 Å². The van der Waals surface area contributed by atoms with Crippen LogP contribution in [-0.4, -0.2) is 78.8 Å². The van der Waals surface area contributed by atoms with Crippen molar-refractivity contribution >= 4 is 117 Å². The van der Waals surface area contributed by atoms with Crippen molar-refractivity contribution < 1.29 is 245 Å². The van der Waals surface area contributed by atoms with Crippen LogP contribution in [0.25, 0.3) is 12.2 Å². The minimum absolute atomic E-state index is 0. The van der Waals surface area contributed by atoms with Gasteiger partial charge >= 0.3 is 177 Å². The second-order valence-corrected chi connectivity index (χ2v) is 15.6. The van der Waals surface area contributed by atoms with Crippen LogP contribution in [0.2, 0.25) is 0 Å². The number of rotatable bonds is 24. The molecule has 0 fully saturated rings. The number of carbonyl (C=O) groups is 4. The van der Waals surface area contributed by atoms with E-state index in [0.29, 0.717) is 23.4 Å². The number of anilines is 10. The number of aliphatic carboxylic acids is 4. The Morgan fingerprint density at radius 1 is 0.527 bits per heavy atom. The Bertz CT molecular complexity index is 2970. The van der Waals surface area contributed by atoms with E-state index in [-0.39, 0.29) is 234 Å². The Balaban J connectivity index is 0.00000888. The molecule has 6 aromatic rings. The van der Waals surface area contributed by atoms with Crippen LogP contribution in [0, 0.1) is 0 Å². The predicted molar refractivity (Wildman–Crippen MR) is 228 cm³/mol. The van der Waals surface area contributed by atoms with Crippen molar-refractivity contribution in [2.45, 2.75) is 34.7 Å². The van der Waals surface area contributed by atoms with Crippen molar-refractivity contribution in [1.82, 2.24) is 29.9 Å². The molecule has 352 valence electrons. The van der Waals surface area contributed by atoms with Gasteiger partial charge in [0.05, 0.1) is 41.0 Å². The van der Waals surface area contributed by atoms with E-state index in [9.17, 15) is 57.8 Å². The maximum atomic E-state index is 12.6. The molecular formula is C40H30N12Na6O14S2. The van der Waals surface area contributed by atoms with Crippen LogP contribution in [-0.2, 0) is 38.7 Å². The number of carboxylic acids is 4. The fourth-order valence-electron chi connectivity index (χ4n) is 5.71. The number of carbonyl (C=O) groups excluding carboxylic acids is 4. The van der Waals surface area contributed by atoms with Gasteiger partial charge in [0.15, 0.2) is 0 Å². The van der Waals surface area contributed by atoms with Crippen LogP contribution >= 0.6 is 12.0 Å². The van der Waals surface area contributed by atoms with Crippen LogP contribution in [0.5, 0.6) is 0 Å². The minimum atomic E-state index is -5.21. The number of nitrogens with zero attached hydrogens (tertiary/aromatic N) is 6. The molecule has 74 heavy (non-hydrogen) atoms. The molecule has 6 rings (SSSR count). The van der Waals surface area contributed by atoms with E-state index in [0.717, 1.165) is 6.07 Å². The maximum absolute atomic E-state index is 12.6. The fraction of sp³-hybridized carbons (Fsp3) is 0.100. The summed E-state index contributed by atoms with van der Waals surface area (Å²) in [5.74, 6) is -8.59. The van der Waals surface area contributed by atoms with Crippen molar-refractivity contribution in [3.05, 3.63) is 108 Å². The van der Waals surface area contributed by atoms with E-state index in [2.05, 4.69) is 71.2 Å². The van der Waals surface area contributed by atoms with Crippen molar-refractivity contribution in [3.63, 3.8) is 0 Å². The summed E-state index contributed by atoms with van der Waals surface area (Å²) in [4.78, 5) is 70.0. The first-order chi connectivity index (χ1) is 32.5. The smallest absolute Gasteiger partial charge is 0.744 e. The molecule has 0 saturated carbocycles. The minimum Gasteiger partial charge on any atom is -0.744 e. The van der Waals surface area contributed by atoms with E-state index in [1.807, 2.05) is 0 Å². The normalized spacial score (nSPS) is 11.1. The Labute approximate surface area is 557 Å². The zero-order chi connectivity index (χ0) is 48.8. The first-order valence-electron chi connectivity index (χ1n) is 19.1. The third kappa shape index (κ3) is 23.2. The number of para-hydroxylation sites is 2. The number of aromatic nitrogens is 6. The van der Waals surface area contributed by atoms with Gasteiger partial charge in [0, 0.05) is 52.4 Å². The molecule has 0 amide bonds. The van der Waals surface area contributed by atoms with E-state index >= 15 is 0 Å². The quantitative estimate of drug-likeness (QED) is 0.00818. The summed E-state index contributed by atoms with van der Waals surface area (Å²) < 4.78 is 42.4. The van der Waals surface area contributed by atoms with Gasteiger partial charge in [-0.1, -0.05) is 60.7 Å². The van der Waals surface area contributed by atoms with Crippen LogP contribution in [0.4, 0.5) is 58.4 Å². The van der Waals surface area contributed by atoms with E-state index < -0.39 is 69.8 Å². The number of hydrogen-bond donors (Lipinski definition) is 6. The molecule has 0 radical (unpaired) electrons. The Morgan fingerprint density at radius 2 is 0.892 bits per heavy atom. The monoisotopic (exact) mass is 1100 g/mol. The molecule has 2 atom stereocenters. The average molecular weight is 1100 g/mol. The molecule has 2 aromatic heterocycles. The Kier molecular flexibility index (Phi) is 33.9. The molecule has 0 saturated heterocycles. The summed E-state index contributed by atoms with van der Waals surface area (Å²) in [5.41, 5.74) is 1.33. The Hall–Kier alpha value is -2.54. The fourth-order valence-corrected chi connectivity index (χ4v) is 6.92. The van der Waals surface area contributed by atoms with Crippen molar-refractivity contribution in [3.8, 4) is 0 Å². The SMILES string of the molecule is O=C([O-])CC(Nc1nc(Nc2ccccc2)nc(Nc2ccc(/C=C/c3ccc(Nc4nc(Nc5ccccc5)nc(NC(CC(=O)[O-])C(=O)[O-])n4)cc3S(=O)(=O)[O-])c(SOO[O-])c2)n1)C(=O)[O-].[Na+].[Na+].[Na+].[Na+].[Na+].[Na+]. The van der Waals surface area contributed by atoms with Gasteiger partial charge in [-0.3, -0.25) is 5.04 Å². The van der Waals surface area contributed by atoms with Gasteiger partial charge in [0.25, 0.3) is 0 Å². The summed E-state index contributed by atoms with van der Waals surface area (Å²) in [5, 5.41) is 76.2. The van der Waals surface area contributed by atoms with E-state index in [1.165, 1.54) is 42.5 Å². The topological polar surface area (TPSA) is 409 Å². The van der Waals surface area contributed by atoms with Gasteiger partial charge in [0.1, 0.15) is 10.1 Å². The molecule has 0 aliphatic carbocycles. The summed E-state index contributed by atoms with van der Waals surface area (Å²) in [6.45, 7) is 0. The average Bonchev–Trinajstić information content (AvgIpc) is 3.27. The molecule has 0 spiro atoms. The summed E-state index contributed by atoms with van der Waals surface area (Å²) in [7, 11) is -5.21. The number of hydrogen-bond acceptors (Lipinski definition) is 27. The molecule has 0 aliphatic rings. The second kappa shape index (κ2) is 35.1. The number of nitrogens with one attached hydrogen (secondary N) is 6. The first-order valence-corrected chi connectivity index (χ1v) is 21.3. The molecular weight excluding hydrogens is 1070 g/mol. The molecule has 0 aliphatic heterocycles. The largest absolute Gasteiger partial charge is 1.00 e. The molecule has 6 N–H and O–H groups in total. The number of benzene rings is 4. The number of carboxylic acid groups (broad SMARTS) is 4. The molecule has 4 aromatic carbocycles. The van der Waals surface area contributed by atoms with Gasteiger partial charge in [-0.2, -0.15) is 34.2 Å². The van der Waals surface area contributed by atoms with Gasteiger partial charge < -0.3 is 81.3 Å². The van der Waals surface area contributed by atoms with Crippen molar-refractivity contribution in [1.29, 1.82) is 0 Å². The van der Waals surface area contributed by atoms with Crippen LogP contribution in [0.15, 0.2) is 107 Å². The third-order valence-corrected chi connectivity index (χ3v) is 10.2. The van der Waals surface area contributed by atoms with Gasteiger partial charge in [-0.05, 0) is 59.7 Å². The second-order valence-electron chi connectivity index (χ2n) is 13.5. The van der Waals surface area contributed by atoms with Gasteiger partial charge in [0.2, 0.25) is 35.7 Å². The van der Waals surface area contributed by atoms with Crippen LogP contribution < -0.4 is 235 Å². The molecule has 0 bridgehead atoms. The summed E-state index contributed by atoms with van der Waals surface area (Å²) in [6.07, 6.45) is 0.627. The standard InChI is InChI=1S/C40H36N12O14S2.6Na/c53-31(54)19-27(33(57)58)45-39-49-35(41-23-7-3-1-4-8-23)47-37(51-39)43-25-15-13-21(29(17-25)67-66-65-61)11-12-22-14-16-26(18-30(22)68(62,63)64)44-38-48-36(42-24-9-5-2-6-10-24)50-40(52-38)46-28(34(59)60)20-32(55)56;;;;;;/h1-18,27-28,61H,19-20H2,(H,53,54)(H,55,56)(H,57,58)(H,59,60)(H,62,63,64)(H3,41,43,45,47,49,51)(H3,42,44,46,48,50,52);;;;;;/q;6*+1/p-6/b12-11+;;;;;;. The van der Waals surface area contributed by atoms with Gasteiger partial charge in [-0.25, -0.2) is 8.42 Å². The third-order valence-electron chi connectivity index (χ3n) is 8.65. The van der Waals surface area contributed by atoms with E-state index in [1.54, 1.807) is 60.7 Å². The zero-order valence-electron chi connectivity index (χ0n) is 40.2. The van der Waals surface area contributed by atoms with Crippen molar-refractivity contribution in [2.24, 2.45) is 0 Å². The summed E-state index contributed by atoms with van der Waals surface area (Å²) in [6, 6.07) is 21.2. The molecule has 34 heteroatoms. The Morgan fingerprint density at radius 3 is 1.27 bits per heavy atom. The molecule has 26 nitrogen and oxygen atoms in total. The summed E-state index contributed by atoms with van der Waals surface area (Å²) >= 11 is 0.431. The van der Waals surface area contributed by atoms with Gasteiger partial charge in [-0.15, -0.1) is 0 Å². The molecule has 2 unspecified atom stereocenters. The first kappa shape index (κ1) is 71.5. The zero-order valence-corrected chi connectivity index (χ0v) is 53.8. The van der Waals surface area contributed by atoms with Crippen LogP contribution in [0.1, 0.15) is 24.0 Å². The predicted octanol–water partition coefficient (Wildman–Crippen LogP) is -19.3. The van der Waals surface area contributed by atoms with Crippen LogP contribution in [0.3, 0.4) is 0 Å². The van der Waals surface area contributed by atoms with E-state index in [4.69, 9.17) is 0 Å². The maximum Gasteiger partial charge on any atom is 1.00 e. The molecule has 2 heterocycles.